The Bertz CT molecular complexity index is 492. The van der Waals surface area contributed by atoms with E-state index in [9.17, 15) is 5.11 Å². The summed E-state index contributed by atoms with van der Waals surface area (Å²) in [4.78, 5) is 1.22. The first kappa shape index (κ1) is 12.6. The third-order valence-electron chi connectivity index (χ3n) is 2.81. The van der Waals surface area contributed by atoms with E-state index < -0.39 is 0 Å². The molecule has 1 nitrogen and oxygen atoms in total. The molecule has 0 amide bonds. The molecule has 0 fully saturated rings. The second kappa shape index (κ2) is 5.67. The topological polar surface area (TPSA) is 20.2 Å². The summed E-state index contributed by atoms with van der Waals surface area (Å²) >= 11 is 7.50. The Balaban J connectivity index is 2.16. The van der Waals surface area contributed by atoms with Crippen molar-refractivity contribution in [3.63, 3.8) is 0 Å². The maximum absolute atomic E-state index is 9.51. The van der Waals surface area contributed by atoms with Gasteiger partial charge < -0.3 is 5.11 Å². The first-order valence-corrected chi connectivity index (χ1v) is 6.80. The highest BCUT2D eigenvalue weighted by Crippen LogP contribution is 2.27. The summed E-state index contributed by atoms with van der Waals surface area (Å²) < 4.78 is 0.806. The summed E-state index contributed by atoms with van der Waals surface area (Å²) in [5.74, 6) is 0.157. The molecular weight excluding hydrogens is 252 g/mol. The van der Waals surface area contributed by atoms with E-state index >= 15 is 0 Å². The molecule has 0 aliphatic carbocycles. The van der Waals surface area contributed by atoms with E-state index in [4.69, 9.17) is 11.6 Å². The number of halogens is 1. The molecule has 0 aliphatic rings. The molecule has 1 aromatic carbocycles. The van der Waals surface area contributed by atoms with Crippen LogP contribution in [0.4, 0.5) is 0 Å². The Kier molecular flexibility index (Phi) is 4.21. The van der Waals surface area contributed by atoms with Crippen molar-refractivity contribution < 1.29 is 5.11 Å². The molecule has 1 heterocycles. The van der Waals surface area contributed by atoms with Crippen LogP contribution < -0.4 is 0 Å². The first-order chi connectivity index (χ1) is 8.19. The highest BCUT2D eigenvalue weighted by molar-refractivity contribution is 7.16. The van der Waals surface area contributed by atoms with Crippen molar-refractivity contribution in [3.8, 4) is 0 Å². The molecular formula is C14H15ClOS. The number of aryl methyl sites for hydroxylation is 1. The van der Waals surface area contributed by atoms with Crippen molar-refractivity contribution in [2.45, 2.75) is 19.3 Å². The highest BCUT2D eigenvalue weighted by atomic mass is 35.5. The van der Waals surface area contributed by atoms with Gasteiger partial charge in [-0.2, -0.15) is 0 Å². The Hall–Kier alpha value is -0.830. The lowest BCUT2D eigenvalue weighted by atomic mass is 9.95. The molecule has 17 heavy (non-hydrogen) atoms. The lowest BCUT2D eigenvalue weighted by Gasteiger charge is -2.14. The summed E-state index contributed by atoms with van der Waals surface area (Å²) in [7, 11) is 0. The number of rotatable bonds is 4. The van der Waals surface area contributed by atoms with Crippen LogP contribution in [-0.2, 0) is 6.42 Å². The lowest BCUT2D eigenvalue weighted by Crippen LogP contribution is -2.07. The van der Waals surface area contributed by atoms with Gasteiger partial charge in [-0.1, -0.05) is 41.4 Å². The number of aliphatic hydroxyl groups is 1. The van der Waals surface area contributed by atoms with E-state index in [1.165, 1.54) is 16.0 Å². The van der Waals surface area contributed by atoms with Crippen LogP contribution in [-0.4, -0.2) is 11.7 Å². The molecule has 0 spiro atoms. The summed E-state index contributed by atoms with van der Waals surface area (Å²) in [6.07, 6.45) is 0.845. The number of benzene rings is 1. The number of aliphatic hydroxyl groups excluding tert-OH is 1. The molecule has 0 aliphatic heterocycles. The molecule has 0 saturated heterocycles. The van der Waals surface area contributed by atoms with Crippen LogP contribution in [0, 0.1) is 6.92 Å². The zero-order chi connectivity index (χ0) is 12.3. The fourth-order valence-corrected chi connectivity index (χ4v) is 3.08. The minimum atomic E-state index is 0.157. The molecule has 2 rings (SSSR count). The lowest BCUT2D eigenvalue weighted by molar-refractivity contribution is 0.265. The van der Waals surface area contributed by atoms with Crippen LogP contribution in [0.3, 0.4) is 0 Å². The zero-order valence-electron chi connectivity index (χ0n) is 9.69. The minimum absolute atomic E-state index is 0.157. The molecule has 3 heteroatoms. The molecule has 1 atom stereocenters. The Morgan fingerprint density at radius 3 is 2.71 bits per heavy atom. The van der Waals surface area contributed by atoms with Crippen LogP contribution in [0.5, 0.6) is 0 Å². The molecule has 90 valence electrons. The van der Waals surface area contributed by atoms with Gasteiger partial charge in [-0.3, -0.25) is 0 Å². The maximum atomic E-state index is 9.51. The second-order valence-electron chi connectivity index (χ2n) is 4.20. The normalized spacial score (nSPS) is 12.6. The van der Waals surface area contributed by atoms with Gasteiger partial charge in [0.15, 0.2) is 0 Å². The van der Waals surface area contributed by atoms with Crippen molar-refractivity contribution in [1.82, 2.24) is 0 Å². The van der Waals surface area contributed by atoms with Crippen molar-refractivity contribution in [3.05, 3.63) is 56.7 Å². The molecule has 1 N–H and O–H groups in total. The third kappa shape index (κ3) is 3.32. The van der Waals surface area contributed by atoms with Crippen LogP contribution in [0.25, 0.3) is 0 Å². The smallest absolute Gasteiger partial charge is 0.0931 e. The van der Waals surface area contributed by atoms with Gasteiger partial charge in [0.25, 0.3) is 0 Å². The summed E-state index contributed by atoms with van der Waals surface area (Å²) in [5, 5.41) is 9.51. The fraction of sp³-hybridized carbons (Fsp3) is 0.286. The fourth-order valence-electron chi connectivity index (χ4n) is 1.92. The van der Waals surface area contributed by atoms with Crippen molar-refractivity contribution in [2.24, 2.45) is 0 Å². The van der Waals surface area contributed by atoms with E-state index in [0.717, 1.165) is 10.8 Å². The monoisotopic (exact) mass is 266 g/mol. The number of hydrogen-bond acceptors (Lipinski definition) is 2. The molecule has 0 radical (unpaired) electrons. The Morgan fingerprint density at radius 1 is 1.29 bits per heavy atom. The molecule has 0 bridgehead atoms. The van der Waals surface area contributed by atoms with Gasteiger partial charge in [0.05, 0.1) is 10.9 Å². The van der Waals surface area contributed by atoms with Crippen LogP contribution in [0.1, 0.15) is 21.9 Å². The number of thiophene rings is 1. The van der Waals surface area contributed by atoms with Crippen LogP contribution >= 0.6 is 22.9 Å². The molecule has 1 aromatic heterocycles. The summed E-state index contributed by atoms with van der Waals surface area (Å²) in [6.45, 7) is 2.24. The summed E-state index contributed by atoms with van der Waals surface area (Å²) in [6, 6.07) is 12.3. The summed E-state index contributed by atoms with van der Waals surface area (Å²) in [5.41, 5.74) is 2.42. The van der Waals surface area contributed by atoms with E-state index in [1.54, 1.807) is 11.3 Å². The standard InChI is InChI=1S/C14H15ClOS/c1-10-3-2-4-11(7-10)12(9-16)8-13-5-6-14(15)17-13/h2-7,12,16H,8-9H2,1H3. The van der Waals surface area contributed by atoms with Gasteiger partial charge in [0, 0.05) is 10.8 Å². The Labute approximate surface area is 111 Å². The molecule has 2 aromatic rings. The quantitative estimate of drug-likeness (QED) is 0.886. The van der Waals surface area contributed by atoms with Crippen LogP contribution in [0.2, 0.25) is 4.34 Å². The highest BCUT2D eigenvalue weighted by Gasteiger charge is 2.12. The maximum Gasteiger partial charge on any atom is 0.0931 e. The van der Waals surface area contributed by atoms with E-state index in [0.29, 0.717) is 0 Å². The van der Waals surface area contributed by atoms with E-state index in [-0.39, 0.29) is 12.5 Å². The van der Waals surface area contributed by atoms with Gasteiger partial charge in [0.2, 0.25) is 0 Å². The average Bonchev–Trinajstić information content (AvgIpc) is 2.72. The van der Waals surface area contributed by atoms with E-state index in [1.807, 2.05) is 18.2 Å². The Morgan fingerprint density at radius 2 is 2.12 bits per heavy atom. The van der Waals surface area contributed by atoms with Crippen LogP contribution in [0.15, 0.2) is 36.4 Å². The minimum Gasteiger partial charge on any atom is -0.396 e. The van der Waals surface area contributed by atoms with Gasteiger partial charge in [0.1, 0.15) is 0 Å². The predicted molar refractivity (Wildman–Crippen MR) is 74.0 cm³/mol. The van der Waals surface area contributed by atoms with Gasteiger partial charge >= 0.3 is 0 Å². The van der Waals surface area contributed by atoms with Gasteiger partial charge in [-0.05, 0) is 31.0 Å². The van der Waals surface area contributed by atoms with Crippen molar-refractivity contribution >= 4 is 22.9 Å². The van der Waals surface area contributed by atoms with E-state index in [2.05, 4.69) is 25.1 Å². The average molecular weight is 267 g/mol. The van der Waals surface area contributed by atoms with Gasteiger partial charge in [-0.15, -0.1) is 11.3 Å². The molecule has 1 unspecified atom stereocenters. The largest absolute Gasteiger partial charge is 0.396 e. The van der Waals surface area contributed by atoms with Crippen molar-refractivity contribution in [1.29, 1.82) is 0 Å². The van der Waals surface area contributed by atoms with Crippen molar-refractivity contribution in [2.75, 3.05) is 6.61 Å². The van der Waals surface area contributed by atoms with Gasteiger partial charge in [-0.25, -0.2) is 0 Å². The SMILES string of the molecule is Cc1cccc(C(CO)Cc2ccc(Cl)s2)c1. The predicted octanol–water partition coefficient (Wildman–Crippen LogP) is 4.03. The number of hydrogen-bond donors (Lipinski definition) is 1. The molecule has 0 saturated carbocycles. The first-order valence-electron chi connectivity index (χ1n) is 5.60. The third-order valence-corrected chi connectivity index (χ3v) is 4.06. The second-order valence-corrected chi connectivity index (χ2v) is 6.00. The zero-order valence-corrected chi connectivity index (χ0v) is 11.3.